The Hall–Kier alpha value is -1.32. The molecule has 0 aliphatic heterocycles. The zero-order valence-corrected chi connectivity index (χ0v) is 13.3. The molecular formula is C17H23NOS. The largest absolute Gasteiger partial charge is 0.494 e. The molecule has 0 saturated heterocycles. The first kappa shape index (κ1) is 15.1. The molecule has 1 aromatic carbocycles. The van der Waals surface area contributed by atoms with Gasteiger partial charge in [0, 0.05) is 9.75 Å². The van der Waals surface area contributed by atoms with Crippen molar-refractivity contribution in [2.45, 2.75) is 32.7 Å². The molecule has 1 N–H and O–H groups in total. The van der Waals surface area contributed by atoms with E-state index in [0.29, 0.717) is 0 Å². The normalized spacial score (nSPS) is 12.3. The Morgan fingerprint density at radius 1 is 1.10 bits per heavy atom. The van der Waals surface area contributed by atoms with E-state index in [1.807, 2.05) is 18.4 Å². The zero-order valence-electron chi connectivity index (χ0n) is 12.5. The van der Waals surface area contributed by atoms with E-state index in [0.717, 1.165) is 25.2 Å². The molecule has 1 unspecified atom stereocenters. The van der Waals surface area contributed by atoms with E-state index in [1.165, 1.54) is 15.3 Å². The first-order chi connectivity index (χ1) is 9.78. The van der Waals surface area contributed by atoms with E-state index in [4.69, 9.17) is 4.74 Å². The van der Waals surface area contributed by atoms with Gasteiger partial charge in [-0.2, -0.15) is 0 Å². The van der Waals surface area contributed by atoms with Gasteiger partial charge < -0.3 is 10.1 Å². The van der Waals surface area contributed by atoms with Crippen molar-refractivity contribution in [2.75, 3.05) is 13.7 Å². The minimum absolute atomic E-state index is 0.264. The van der Waals surface area contributed by atoms with Crippen molar-refractivity contribution < 1.29 is 4.74 Å². The lowest BCUT2D eigenvalue weighted by Crippen LogP contribution is -2.16. The molecule has 0 amide bonds. The Morgan fingerprint density at radius 3 is 2.40 bits per heavy atom. The highest BCUT2D eigenvalue weighted by Crippen LogP contribution is 2.29. The number of hydrogen-bond donors (Lipinski definition) is 1. The molecule has 20 heavy (non-hydrogen) atoms. The van der Waals surface area contributed by atoms with Crippen LogP contribution in [0.2, 0.25) is 0 Å². The van der Waals surface area contributed by atoms with Crippen LogP contribution in [-0.2, 0) is 6.42 Å². The minimum Gasteiger partial charge on any atom is -0.494 e. The van der Waals surface area contributed by atoms with Crippen LogP contribution in [0.3, 0.4) is 0 Å². The standard InChI is InChI=1S/C17H23NOS/c1-4-12-19-14-8-6-13(7-9-14)17(18-3)16-11-10-15(5-2)20-16/h6-11,17-18H,4-5,12H2,1-3H3. The molecule has 2 nitrogen and oxygen atoms in total. The van der Waals surface area contributed by atoms with Crippen LogP contribution >= 0.6 is 11.3 Å². The van der Waals surface area contributed by atoms with E-state index in [9.17, 15) is 0 Å². The second kappa shape index (κ2) is 7.46. The minimum atomic E-state index is 0.264. The summed E-state index contributed by atoms with van der Waals surface area (Å²) >= 11 is 1.88. The van der Waals surface area contributed by atoms with Crippen LogP contribution < -0.4 is 10.1 Å². The monoisotopic (exact) mass is 289 g/mol. The number of ether oxygens (including phenoxy) is 1. The molecule has 1 heterocycles. The molecule has 1 aromatic heterocycles. The first-order valence-corrected chi connectivity index (χ1v) is 8.08. The maximum absolute atomic E-state index is 5.63. The Kier molecular flexibility index (Phi) is 5.62. The molecule has 0 radical (unpaired) electrons. The molecule has 0 spiro atoms. The number of benzene rings is 1. The summed E-state index contributed by atoms with van der Waals surface area (Å²) in [6.45, 7) is 5.09. The van der Waals surface area contributed by atoms with Gasteiger partial charge in [-0.3, -0.25) is 0 Å². The third-order valence-electron chi connectivity index (χ3n) is 3.29. The number of nitrogens with one attached hydrogen (secondary N) is 1. The highest BCUT2D eigenvalue weighted by molar-refractivity contribution is 7.12. The third kappa shape index (κ3) is 3.62. The van der Waals surface area contributed by atoms with Gasteiger partial charge in [-0.15, -0.1) is 11.3 Å². The van der Waals surface area contributed by atoms with Gasteiger partial charge >= 0.3 is 0 Å². The van der Waals surface area contributed by atoms with Crippen molar-refractivity contribution in [1.29, 1.82) is 0 Å². The number of hydrogen-bond acceptors (Lipinski definition) is 3. The van der Waals surface area contributed by atoms with E-state index < -0.39 is 0 Å². The maximum Gasteiger partial charge on any atom is 0.119 e. The quantitative estimate of drug-likeness (QED) is 0.815. The summed E-state index contributed by atoms with van der Waals surface area (Å²) in [5, 5.41) is 3.40. The van der Waals surface area contributed by atoms with Crippen LogP contribution in [-0.4, -0.2) is 13.7 Å². The molecule has 0 aliphatic carbocycles. The molecule has 0 fully saturated rings. The van der Waals surface area contributed by atoms with Gasteiger partial charge in [-0.05, 0) is 49.7 Å². The fourth-order valence-corrected chi connectivity index (χ4v) is 3.28. The molecule has 2 aromatic rings. The topological polar surface area (TPSA) is 21.3 Å². The Morgan fingerprint density at radius 2 is 1.85 bits per heavy atom. The van der Waals surface area contributed by atoms with Crippen LogP contribution in [0.25, 0.3) is 0 Å². The fraction of sp³-hybridized carbons (Fsp3) is 0.412. The highest BCUT2D eigenvalue weighted by atomic mass is 32.1. The summed E-state index contributed by atoms with van der Waals surface area (Å²) < 4.78 is 5.63. The van der Waals surface area contributed by atoms with Gasteiger partial charge in [0.1, 0.15) is 5.75 Å². The van der Waals surface area contributed by atoms with E-state index in [1.54, 1.807) is 0 Å². The lowest BCUT2D eigenvalue weighted by molar-refractivity contribution is 0.317. The van der Waals surface area contributed by atoms with Crippen molar-refractivity contribution in [3.63, 3.8) is 0 Å². The average Bonchev–Trinajstić information content (AvgIpc) is 2.96. The predicted molar refractivity (Wildman–Crippen MR) is 86.8 cm³/mol. The molecule has 0 bridgehead atoms. The van der Waals surface area contributed by atoms with Crippen LogP contribution in [0.1, 0.15) is 41.6 Å². The van der Waals surface area contributed by atoms with Gasteiger partial charge in [-0.25, -0.2) is 0 Å². The van der Waals surface area contributed by atoms with Crippen molar-refractivity contribution in [3.8, 4) is 5.75 Å². The van der Waals surface area contributed by atoms with Crippen molar-refractivity contribution in [1.82, 2.24) is 5.32 Å². The van der Waals surface area contributed by atoms with E-state index in [-0.39, 0.29) is 6.04 Å². The molecule has 0 aliphatic rings. The van der Waals surface area contributed by atoms with Crippen LogP contribution in [0.5, 0.6) is 5.75 Å². The number of aryl methyl sites for hydroxylation is 1. The highest BCUT2D eigenvalue weighted by Gasteiger charge is 2.14. The fourth-order valence-electron chi connectivity index (χ4n) is 2.19. The molecular weight excluding hydrogens is 266 g/mol. The van der Waals surface area contributed by atoms with Crippen molar-refractivity contribution >= 4 is 11.3 Å². The average molecular weight is 289 g/mol. The molecule has 3 heteroatoms. The Labute approximate surface area is 125 Å². The van der Waals surface area contributed by atoms with Crippen LogP contribution in [0.15, 0.2) is 36.4 Å². The SMILES string of the molecule is CCCOc1ccc(C(NC)c2ccc(CC)s2)cc1. The lowest BCUT2D eigenvalue weighted by Gasteiger charge is -2.15. The molecule has 1 atom stereocenters. The van der Waals surface area contributed by atoms with Gasteiger partial charge in [0.15, 0.2) is 0 Å². The summed E-state index contributed by atoms with van der Waals surface area (Å²) in [6, 6.07) is 13.1. The lowest BCUT2D eigenvalue weighted by atomic mass is 10.1. The summed E-state index contributed by atoms with van der Waals surface area (Å²) in [5.74, 6) is 0.950. The summed E-state index contributed by atoms with van der Waals surface area (Å²) in [7, 11) is 2.01. The third-order valence-corrected chi connectivity index (χ3v) is 4.58. The second-order valence-corrected chi connectivity index (χ2v) is 6.00. The summed E-state index contributed by atoms with van der Waals surface area (Å²) in [5.41, 5.74) is 1.28. The van der Waals surface area contributed by atoms with Crippen LogP contribution in [0, 0.1) is 0 Å². The smallest absolute Gasteiger partial charge is 0.119 e. The number of thiophene rings is 1. The summed E-state index contributed by atoms with van der Waals surface area (Å²) in [4.78, 5) is 2.80. The van der Waals surface area contributed by atoms with Crippen molar-refractivity contribution in [2.24, 2.45) is 0 Å². The van der Waals surface area contributed by atoms with Crippen LogP contribution in [0.4, 0.5) is 0 Å². The zero-order chi connectivity index (χ0) is 14.4. The first-order valence-electron chi connectivity index (χ1n) is 7.27. The molecule has 0 saturated carbocycles. The van der Waals surface area contributed by atoms with Gasteiger partial charge in [0.05, 0.1) is 12.6 Å². The molecule has 2 rings (SSSR count). The Balaban J connectivity index is 2.14. The van der Waals surface area contributed by atoms with Gasteiger partial charge in [0.25, 0.3) is 0 Å². The van der Waals surface area contributed by atoms with Crippen molar-refractivity contribution in [3.05, 3.63) is 51.7 Å². The predicted octanol–water partition coefficient (Wildman–Crippen LogP) is 4.41. The number of rotatable bonds is 7. The van der Waals surface area contributed by atoms with Gasteiger partial charge in [-0.1, -0.05) is 26.0 Å². The van der Waals surface area contributed by atoms with E-state index >= 15 is 0 Å². The summed E-state index contributed by atoms with van der Waals surface area (Å²) in [6.07, 6.45) is 2.14. The van der Waals surface area contributed by atoms with Gasteiger partial charge in [0.2, 0.25) is 0 Å². The second-order valence-electron chi connectivity index (χ2n) is 4.80. The maximum atomic E-state index is 5.63. The van der Waals surface area contributed by atoms with E-state index in [2.05, 4.69) is 55.6 Å². The molecule has 108 valence electrons. The Bertz CT molecular complexity index is 518.